The van der Waals surface area contributed by atoms with E-state index in [4.69, 9.17) is 5.11 Å². The van der Waals surface area contributed by atoms with E-state index in [-0.39, 0.29) is 42.3 Å². The Balaban J connectivity index is 0.00000112. The van der Waals surface area contributed by atoms with E-state index in [0.717, 1.165) is 0 Å². The summed E-state index contributed by atoms with van der Waals surface area (Å²) >= 11 is 0. The summed E-state index contributed by atoms with van der Waals surface area (Å²) in [5.41, 5.74) is 0.207. The summed E-state index contributed by atoms with van der Waals surface area (Å²) in [7, 11) is 0. The van der Waals surface area contributed by atoms with Gasteiger partial charge in [-0.25, -0.2) is 4.79 Å². The molecular weight excluding hydrogens is 203 g/mol. The zero-order valence-corrected chi connectivity index (χ0v) is 10.3. The topological polar surface area (TPSA) is 57.5 Å². The number of aromatic hydroxyl groups is 1. The first kappa shape index (κ1) is 12.0. The first-order valence-electron chi connectivity index (χ1n) is 4.14. The van der Waals surface area contributed by atoms with Gasteiger partial charge < -0.3 is 11.6 Å². The molecule has 0 fully saturated rings. The second kappa shape index (κ2) is 4.66. The summed E-state index contributed by atoms with van der Waals surface area (Å²) in [5.74, 6) is -0.883. The Bertz CT molecular complexity index is 514. The van der Waals surface area contributed by atoms with E-state index in [9.17, 15) is 9.90 Å². The molecule has 2 aromatic carbocycles. The van der Waals surface area contributed by atoms with Gasteiger partial charge in [-0.15, -0.1) is 0 Å². The van der Waals surface area contributed by atoms with Crippen molar-refractivity contribution < 1.29 is 46.0 Å². The van der Waals surface area contributed by atoms with Gasteiger partial charge in [-0.05, 0) is 17.5 Å². The molecule has 0 aliphatic rings. The van der Waals surface area contributed by atoms with Gasteiger partial charge in [0.25, 0.3) is 0 Å². The molecule has 15 heavy (non-hydrogen) atoms. The molecule has 0 unspecified atom stereocenters. The minimum atomic E-state index is -0.985. The van der Waals surface area contributed by atoms with E-state index in [0.29, 0.717) is 10.8 Å². The van der Waals surface area contributed by atoms with Crippen LogP contribution < -0.4 is 29.6 Å². The molecule has 2 rings (SSSR count). The molecular formula is C11H9NaO3. The Hall–Kier alpha value is -1.03. The molecule has 72 valence electrons. The molecule has 0 aliphatic heterocycles. The van der Waals surface area contributed by atoms with Crippen LogP contribution in [0.3, 0.4) is 0 Å². The van der Waals surface area contributed by atoms with Crippen LogP contribution in [0.25, 0.3) is 10.8 Å². The Morgan fingerprint density at radius 1 is 1.07 bits per heavy atom. The van der Waals surface area contributed by atoms with Gasteiger partial charge in [0.1, 0.15) is 5.75 Å². The number of fused-ring (bicyclic) bond motifs is 1. The van der Waals surface area contributed by atoms with Gasteiger partial charge in [-0.1, -0.05) is 24.3 Å². The van der Waals surface area contributed by atoms with Crippen LogP contribution in [0.15, 0.2) is 36.4 Å². The largest absolute Gasteiger partial charge is 1.00 e. The molecule has 3 nitrogen and oxygen atoms in total. The molecule has 0 aliphatic carbocycles. The summed E-state index contributed by atoms with van der Waals surface area (Å²) in [6.07, 6.45) is 0. The summed E-state index contributed by atoms with van der Waals surface area (Å²) < 4.78 is 0. The van der Waals surface area contributed by atoms with Gasteiger partial charge in [-0.3, -0.25) is 0 Å². The van der Waals surface area contributed by atoms with Crippen molar-refractivity contribution in [1.29, 1.82) is 0 Å². The summed E-state index contributed by atoms with van der Waals surface area (Å²) in [6.45, 7) is 0. The first-order chi connectivity index (χ1) is 6.70. The van der Waals surface area contributed by atoms with Crippen LogP contribution in [-0.2, 0) is 0 Å². The predicted molar refractivity (Wildman–Crippen MR) is 53.7 cm³/mol. The first-order valence-corrected chi connectivity index (χ1v) is 4.14. The van der Waals surface area contributed by atoms with Crippen molar-refractivity contribution in [2.45, 2.75) is 0 Å². The van der Waals surface area contributed by atoms with Crippen LogP contribution in [0, 0.1) is 0 Å². The maximum Gasteiger partial charge on any atom is 1.00 e. The standard InChI is InChI=1S/C11H8O3.Na.H/c12-10-6-5-9(11(13)14)7-3-1-2-4-8(7)10;;/h1-6,12H,(H,13,14);;/q;+1;-1. The third-order valence-electron chi connectivity index (χ3n) is 2.13. The van der Waals surface area contributed by atoms with Gasteiger partial charge in [-0.2, -0.15) is 0 Å². The molecule has 0 atom stereocenters. The van der Waals surface area contributed by atoms with Crippen molar-refractivity contribution in [3.8, 4) is 5.75 Å². The fourth-order valence-electron chi connectivity index (χ4n) is 1.47. The van der Waals surface area contributed by atoms with Crippen LogP contribution in [-0.4, -0.2) is 16.2 Å². The summed E-state index contributed by atoms with van der Waals surface area (Å²) in [4.78, 5) is 10.8. The zero-order chi connectivity index (χ0) is 10.1. The van der Waals surface area contributed by atoms with Gasteiger partial charge in [0, 0.05) is 5.39 Å². The number of phenols is 1. The van der Waals surface area contributed by atoms with Gasteiger partial charge in [0.15, 0.2) is 0 Å². The van der Waals surface area contributed by atoms with Crippen LogP contribution in [0.2, 0.25) is 0 Å². The Labute approximate surface area is 110 Å². The Morgan fingerprint density at radius 2 is 1.67 bits per heavy atom. The number of benzene rings is 2. The molecule has 0 bridgehead atoms. The van der Waals surface area contributed by atoms with E-state index in [2.05, 4.69) is 0 Å². The van der Waals surface area contributed by atoms with Gasteiger partial charge in [0.05, 0.1) is 5.56 Å². The fourth-order valence-corrected chi connectivity index (χ4v) is 1.47. The van der Waals surface area contributed by atoms with Crippen molar-refractivity contribution in [3.63, 3.8) is 0 Å². The molecule has 0 aromatic heterocycles. The second-order valence-corrected chi connectivity index (χ2v) is 2.98. The zero-order valence-electron chi connectivity index (χ0n) is 9.27. The van der Waals surface area contributed by atoms with Crippen molar-refractivity contribution in [1.82, 2.24) is 0 Å². The quantitative estimate of drug-likeness (QED) is 0.618. The number of carboxylic acids is 1. The molecule has 0 heterocycles. The van der Waals surface area contributed by atoms with Crippen LogP contribution in [0.5, 0.6) is 5.75 Å². The number of phenolic OH excluding ortho intramolecular Hbond substituents is 1. The summed E-state index contributed by atoms with van der Waals surface area (Å²) in [5, 5.41) is 19.5. The van der Waals surface area contributed by atoms with E-state index in [1.165, 1.54) is 12.1 Å². The SMILES string of the molecule is O=C(O)c1ccc(O)c2ccccc12.[H-].[Na+]. The molecule has 2 N–H and O–H groups in total. The third kappa shape index (κ3) is 2.15. The minimum Gasteiger partial charge on any atom is -1.00 e. The predicted octanol–water partition coefficient (Wildman–Crippen LogP) is -0.640. The number of rotatable bonds is 1. The second-order valence-electron chi connectivity index (χ2n) is 2.98. The van der Waals surface area contributed by atoms with Gasteiger partial charge >= 0.3 is 35.5 Å². The van der Waals surface area contributed by atoms with E-state index in [1.807, 2.05) is 0 Å². The van der Waals surface area contributed by atoms with Gasteiger partial charge in [0.2, 0.25) is 0 Å². The van der Waals surface area contributed by atoms with Crippen LogP contribution in [0.4, 0.5) is 0 Å². The van der Waals surface area contributed by atoms with Crippen LogP contribution >= 0.6 is 0 Å². The number of hydrogen-bond acceptors (Lipinski definition) is 2. The average Bonchev–Trinajstić information content (AvgIpc) is 2.18. The fraction of sp³-hybridized carbons (Fsp3) is 0. The van der Waals surface area contributed by atoms with Crippen molar-refractivity contribution in [2.75, 3.05) is 0 Å². The monoisotopic (exact) mass is 212 g/mol. The minimum absolute atomic E-state index is 0. The molecule has 0 amide bonds. The summed E-state index contributed by atoms with van der Waals surface area (Å²) in [6, 6.07) is 9.67. The Kier molecular flexibility index (Phi) is 3.74. The Morgan fingerprint density at radius 3 is 2.27 bits per heavy atom. The maximum absolute atomic E-state index is 10.8. The molecule has 2 aromatic rings. The van der Waals surface area contributed by atoms with E-state index < -0.39 is 5.97 Å². The number of aromatic carboxylic acids is 1. The van der Waals surface area contributed by atoms with E-state index in [1.54, 1.807) is 24.3 Å². The third-order valence-corrected chi connectivity index (χ3v) is 2.13. The number of hydrogen-bond donors (Lipinski definition) is 2. The van der Waals surface area contributed by atoms with Crippen molar-refractivity contribution in [2.24, 2.45) is 0 Å². The average molecular weight is 212 g/mol. The smallest absolute Gasteiger partial charge is 1.00 e. The number of carbonyl (C=O) groups is 1. The molecule has 0 radical (unpaired) electrons. The van der Waals surface area contributed by atoms with Crippen LogP contribution in [0.1, 0.15) is 11.8 Å². The maximum atomic E-state index is 10.8. The molecule has 4 heteroatoms. The van der Waals surface area contributed by atoms with E-state index >= 15 is 0 Å². The number of carboxylic acid groups (broad SMARTS) is 1. The molecule has 0 spiro atoms. The van der Waals surface area contributed by atoms with Crippen molar-refractivity contribution in [3.05, 3.63) is 42.0 Å². The normalized spacial score (nSPS) is 9.60. The molecule has 0 saturated heterocycles. The van der Waals surface area contributed by atoms with Crippen molar-refractivity contribution >= 4 is 16.7 Å². The molecule has 0 saturated carbocycles.